The second kappa shape index (κ2) is 5.78. The highest BCUT2D eigenvalue weighted by Crippen LogP contribution is 2.21. The Labute approximate surface area is 111 Å². The third-order valence-corrected chi connectivity index (χ3v) is 3.89. The monoisotopic (exact) mass is 295 g/mol. The molecule has 1 aliphatic rings. The topological polar surface area (TPSA) is 20.3 Å². The van der Waals surface area contributed by atoms with Gasteiger partial charge in [-0.2, -0.15) is 0 Å². The maximum absolute atomic E-state index is 11.5. The van der Waals surface area contributed by atoms with Crippen LogP contribution >= 0.6 is 15.9 Å². The SMILES string of the molecule is CN(Cc1cccc(Br)c1)C1CCCC(=O)C1. The Kier molecular flexibility index (Phi) is 4.35. The van der Waals surface area contributed by atoms with E-state index in [0.29, 0.717) is 11.8 Å². The van der Waals surface area contributed by atoms with Gasteiger partial charge in [0.15, 0.2) is 0 Å². The molecule has 2 nitrogen and oxygen atoms in total. The Balaban J connectivity index is 1.96. The van der Waals surface area contributed by atoms with Crippen molar-refractivity contribution in [3.63, 3.8) is 0 Å². The summed E-state index contributed by atoms with van der Waals surface area (Å²) in [6.45, 7) is 0.914. The summed E-state index contributed by atoms with van der Waals surface area (Å²) in [5, 5.41) is 0. The number of nitrogens with zero attached hydrogens (tertiary/aromatic N) is 1. The smallest absolute Gasteiger partial charge is 0.134 e. The zero-order chi connectivity index (χ0) is 12.3. The summed E-state index contributed by atoms with van der Waals surface area (Å²) < 4.78 is 1.11. The third kappa shape index (κ3) is 3.65. The normalized spacial score (nSPS) is 20.9. The van der Waals surface area contributed by atoms with E-state index in [2.05, 4.69) is 46.1 Å². The first kappa shape index (κ1) is 12.8. The molecule has 1 aliphatic carbocycles. The van der Waals surface area contributed by atoms with E-state index in [1.807, 2.05) is 6.07 Å². The molecule has 0 N–H and O–H groups in total. The van der Waals surface area contributed by atoms with Gasteiger partial charge >= 0.3 is 0 Å². The van der Waals surface area contributed by atoms with Gasteiger partial charge in [0.2, 0.25) is 0 Å². The molecule has 0 bridgehead atoms. The second-order valence-electron chi connectivity index (χ2n) is 4.83. The number of hydrogen-bond donors (Lipinski definition) is 0. The van der Waals surface area contributed by atoms with Crippen LogP contribution in [0.5, 0.6) is 0 Å². The summed E-state index contributed by atoms with van der Waals surface area (Å²) in [5.74, 6) is 0.419. The lowest BCUT2D eigenvalue weighted by atomic mass is 9.93. The Bertz CT molecular complexity index is 405. The molecule has 0 heterocycles. The average Bonchev–Trinajstić information content (AvgIpc) is 2.29. The zero-order valence-electron chi connectivity index (χ0n) is 10.2. The molecule has 1 unspecified atom stereocenters. The first-order chi connectivity index (χ1) is 8.15. The Morgan fingerprint density at radius 2 is 2.29 bits per heavy atom. The van der Waals surface area contributed by atoms with Crippen molar-refractivity contribution in [2.24, 2.45) is 0 Å². The molecule has 1 aromatic rings. The number of carbonyl (C=O) groups is 1. The highest BCUT2D eigenvalue weighted by atomic mass is 79.9. The molecular formula is C14H18BrNO. The van der Waals surface area contributed by atoms with E-state index < -0.39 is 0 Å². The predicted octanol–water partition coefficient (Wildman–Crippen LogP) is 3.39. The van der Waals surface area contributed by atoms with E-state index in [-0.39, 0.29) is 0 Å². The first-order valence-electron chi connectivity index (χ1n) is 6.11. The van der Waals surface area contributed by atoms with Crippen LogP contribution in [0, 0.1) is 0 Å². The fourth-order valence-corrected chi connectivity index (χ4v) is 2.88. The van der Waals surface area contributed by atoms with Gasteiger partial charge in [-0.3, -0.25) is 9.69 Å². The number of carbonyl (C=O) groups excluding carboxylic acids is 1. The molecule has 0 amide bonds. The van der Waals surface area contributed by atoms with Crippen LogP contribution in [-0.2, 0) is 11.3 Å². The molecule has 17 heavy (non-hydrogen) atoms. The molecule has 1 fully saturated rings. The predicted molar refractivity (Wildman–Crippen MR) is 72.9 cm³/mol. The summed E-state index contributed by atoms with van der Waals surface area (Å²) in [6.07, 6.45) is 3.70. The number of Topliss-reactive ketones (excluding diaryl/α,β-unsaturated/α-hetero) is 1. The van der Waals surface area contributed by atoms with Crippen molar-refractivity contribution in [3.05, 3.63) is 34.3 Å². The number of ketones is 1. The van der Waals surface area contributed by atoms with Crippen LogP contribution in [0.3, 0.4) is 0 Å². The van der Waals surface area contributed by atoms with E-state index in [4.69, 9.17) is 0 Å². The number of benzene rings is 1. The fraction of sp³-hybridized carbons (Fsp3) is 0.500. The average molecular weight is 296 g/mol. The van der Waals surface area contributed by atoms with Gasteiger partial charge in [-0.15, -0.1) is 0 Å². The van der Waals surface area contributed by atoms with Crippen molar-refractivity contribution in [2.45, 2.75) is 38.3 Å². The first-order valence-corrected chi connectivity index (χ1v) is 6.91. The van der Waals surface area contributed by atoms with Gasteiger partial charge in [0.1, 0.15) is 5.78 Å². The maximum atomic E-state index is 11.5. The summed E-state index contributed by atoms with van der Waals surface area (Å²) in [5.41, 5.74) is 1.29. The highest BCUT2D eigenvalue weighted by Gasteiger charge is 2.22. The lowest BCUT2D eigenvalue weighted by Gasteiger charge is -2.30. The van der Waals surface area contributed by atoms with Crippen molar-refractivity contribution in [3.8, 4) is 0 Å². The van der Waals surface area contributed by atoms with Crippen LogP contribution < -0.4 is 0 Å². The quantitative estimate of drug-likeness (QED) is 0.852. The number of hydrogen-bond acceptors (Lipinski definition) is 2. The van der Waals surface area contributed by atoms with Gasteiger partial charge in [-0.1, -0.05) is 28.1 Å². The lowest BCUT2D eigenvalue weighted by Crippen LogP contribution is -2.35. The summed E-state index contributed by atoms with van der Waals surface area (Å²) in [4.78, 5) is 13.8. The van der Waals surface area contributed by atoms with Gasteiger partial charge in [-0.25, -0.2) is 0 Å². The van der Waals surface area contributed by atoms with Crippen molar-refractivity contribution in [1.29, 1.82) is 0 Å². The third-order valence-electron chi connectivity index (χ3n) is 3.40. The van der Waals surface area contributed by atoms with Gasteiger partial charge in [0, 0.05) is 29.9 Å². The minimum atomic E-state index is 0.419. The molecule has 0 radical (unpaired) electrons. The molecule has 0 aromatic heterocycles. The van der Waals surface area contributed by atoms with Crippen LogP contribution in [0.4, 0.5) is 0 Å². The van der Waals surface area contributed by atoms with E-state index in [1.165, 1.54) is 5.56 Å². The summed E-state index contributed by atoms with van der Waals surface area (Å²) in [6, 6.07) is 8.79. The van der Waals surface area contributed by atoms with Crippen molar-refractivity contribution >= 4 is 21.7 Å². The molecule has 92 valence electrons. The zero-order valence-corrected chi connectivity index (χ0v) is 11.7. The van der Waals surface area contributed by atoms with Crippen LogP contribution in [-0.4, -0.2) is 23.8 Å². The number of rotatable bonds is 3. The molecule has 1 aromatic carbocycles. The molecule has 0 spiro atoms. The van der Waals surface area contributed by atoms with E-state index in [0.717, 1.165) is 36.7 Å². The van der Waals surface area contributed by atoms with Crippen LogP contribution in [0.1, 0.15) is 31.2 Å². The van der Waals surface area contributed by atoms with Crippen molar-refractivity contribution in [1.82, 2.24) is 4.90 Å². The highest BCUT2D eigenvalue weighted by molar-refractivity contribution is 9.10. The van der Waals surface area contributed by atoms with Crippen LogP contribution in [0.2, 0.25) is 0 Å². The molecule has 3 heteroatoms. The Hall–Kier alpha value is -0.670. The number of halogens is 1. The molecule has 1 atom stereocenters. The minimum Gasteiger partial charge on any atom is -0.300 e. The maximum Gasteiger partial charge on any atom is 0.134 e. The summed E-state index contributed by atoms with van der Waals surface area (Å²) in [7, 11) is 2.12. The second-order valence-corrected chi connectivity index (χ2v) is 5.75. The van der Waals surface area contributed by atoms with Crippen LogP contribution in [0.25, 0.3) is 0 Å². The van der Waals surface area contributed by atoms with Crippen LogP contribution in [0.15, 0.2) is 28.7 Å². The van der Waals surface area contributed by atoms with E-state index >= 15 is 0 Å². The molecule has 0 saturated heterocycles. The molecule has 0 aliphatic heterocycles. The van der Waals surface area contributed by atoms with Crippen molar-refractivity contribution < 1.29 is 4.79 Å². The largest absolute Gasteiger partial charge is 0.300 e. The standard InChI is InChI=1S/C14H18BrNO/c1-16(13-6-3-7-14(17)9-13)10-11-4-2-5-12(15)8-11/h2,4-5,8,13H,3,6-7,9-10H2,1H3. The van der Waals surface area contributed by atoms with Gasteiger partial charge in [-0.05, 0) is 37.6 Å². The Morgan fingerprint density at radius 3 is 3.00 bits per heavy atom. The Morgan fingerprint density at radius 1 is 1.47 bits per heavy atom. The lowest BCUT2D eigenvalue weighted by molar-refractivity contribution is -0.121. The molecule has 2 rings (SSSR count). The van der Waals surface area contributed by atoms with Gasteiger partial charge < -0.3 is 0 Å². The molecule has 1 saturated carbocycles. The van der Waals surface area contributed by atoms with Gasteiger partial charge in [0.25, 0.3) is 0 Å². The summed E-state index contributed by atoms with van der Waals surface area (Å²) >= 11 is 3.49. The van der Waals surface area contributed by atoms with E-state index in [1.54, 1.807) is 0 Å². The van der Waals surface area contributed by atoms with Crippen molar-refractivity contribution in [2.75, 3.05) is 7.05 Å². The molecular weight excluding hydrogens is 278 g/mol. The minimum absolute atomic E-state index is 0.419. The van der Waals surface area contributed by atoms with E-state index in [9.17, 15) is 4.79 Å². The van der Waals surface area contributed by atoms with Gasteiger partial charge in [0.05, 0.1) is 0 Å². The fourth-order valence-electron chi connectivity index (χ4n) is 2.43.